The minimum Gasteiger partial charge on any atom is -0.357 e. The van der Waals surface area contributed by atoms with Crippen molar-refractivity contribution in [2.45, 2.75) is 18.9 Å². The van der Waals surface area contributed by atoms with E-state index in [0.717, 1.165) is 19.4 Å². The molecule has 16 heavy (non-hydrogen) atoms. The molecule has 1 unspecified atom stereocenters. The predicted octanol–water partition coefficient (Wildman–Crippen LogP) is 0.0650. The van der Waals surface area contributed by atoms with Crippen LogP contribution in [0.25, 0.3) is 0 Å². The maximum Gasteiger partial charge on any atom is 0.266 e. The first-order valence-corrected chi connectivity index (χ1v) is 6.04. The highest BCUT2D eigenvalue weighted by Gasteiger charge is 2.22. The average Bonchev–Trinajstić information content (AvgIpc) is 2.28. The van der Waals surface area contributed by atoms with Crippen molar-refractivity contribution in [3.8, 4) is 0 Å². The Balaban J connectivity index is 2.17. The molecule has 3 N–H and O–H groups in total. The Labute approximate surface area is 105 Å². The number of rotatable bonds is 2. The van der Waals surface area contributed by atoms with Gasteiger partial charge in [0.2, 0.25) is 5.91 Å². The largest absolute Gasteiger partial charge is 0.357 e. The SMILES string of the molecule is O=C1NCCCC1Nc1nc[nH]c(=O)c1I. The summed E-state index contributed by atoms with van der Waals surface area (Å²) in [5.41, 5.74) is -0.200. The van der Waals surface area contributed by atoms with Crippen LogP contribution in [0.3, 0.4) is 0 Å². The van der Waals surface area contributed by atoms with Gasteiger partial charge in [-0.3, -0.25) is 9.59 Å². The Kier molecular flexibility index (Phi) is 3.42. The summed E-state index contributed by atoms with van der Waals surface area (Å²) >= 11 is 1.91. The fraction of sp³-hybridized carbons (Fsp3) is 0.444. The molecule has 2 rings (SSSR count). The number of hydrogen-bond donors (Lipinski definition) is 3. The summed E-state index contributed by atoms with van der Waals surface area (Å²) < 4.78 is 0.471. The number of amides is 1. The van der Waals surface area contributed by atoms with Gasteiger partial charge in [-0.1, -0.05) is 0 Å². The molecule has 1 aromatic heterocycles. The van der Waals surface area contributed by atoms with Gasteiger partial charge in [0.15, 0.2) is 0 Å². The van der Waals surface area contributed by atoms with Crippen LogP contribution in [0, 0.1) is 3.57 Å². The van der Waals surface area contributed by atoms with Crippen molar-refractivity contribution in [2.24, 2.45) is 0 Å². The number of hydrogen-bond acceptors (Lipinski definition) is 4. The number of carbonyl (C=O) groups is 1. The van der Waals surface area contributed by atoms with E-state index in [4.69, 9.17) is 0 Å². The fourth-order valence-corrected chi connectivity index (χ4v) is 2.01. The fourth-order valence-electron chi connectivity index (χ4n) is 1.56. The van der Waals surface area contributed by atoms with Gasteiger partial charge in [-0.25, -0.2) is 4.98 Å². The molecule has 1 aromatic rings. The molecule has 6 nitrogen and oxygen atoms in total. The van der Waals surface area contributed by atoms with Crippen LogP contribution in [-0.4, -0.2) is 28.5 Å². The van der Waals surface area contributed by atoms with Gasteiger partial charge in [-0.05, 0) is 35.4 Å². The van der Waals surface area contributed by atoms with E-state index < -0.39 is 0 Å². The van der Waals surface area contributed by atoms with Gasteiger partial charge in [0.1, 0.15) is 15.4 Å². The molecule has 0 spiro atoms. The van der Waals surface area contributed by atoms with Crippen molar-refractivity contribution < 1.29 is 4.79 Å². The summed E-state index contributed by atoms with van der Waals surface area (Å²) in [6, 6.07) is -0.295. The molecule has 7 heteroatoms. The van der Waals surface area contributed by atoms with Crippen LogP contribution < -0.4 is 16.2 Å². The summed E-state index contributed by atoms with van der Waals surface area (Å²) in [7, 11) is 0. The second kappa shape index (κ2) is 4.81. The normalized spacial score (nSPS) is 20.3. The molecule has 1 fully saturated rings. The molecular weight excluding hydrogens is 323 g/mol. The Morgan fingerprint density at radius 1 is 1.50 bits per heavy atom. The van der Waals surface area contributed by atoms with E-state index in [1.807, 2.05) is 22.6 Å². The highest BCUT2D eigenvalue weighted by Crippen LogP contribution is 2.13. The zero-order valence-corrected chi connectivity index (χ0v) is 10.6. The lowest BCUT2D eigenvalue weighted by atomic mass is 10.1. The summed E-state index contributed by atoms with van der Waals surface area (Å²) in [6.07, 6.45) is 3.02. The molecular formula is C9H11IN4O2. The molecule has 1 aliphatic heterocycles. The van der Waals surface area contributed by atoms with Gasteiger partial charge < -0.3 is 15.6 Å². The van der Waals surface area contributed by atoms with Crippen molar-refractivity contribution in [3.63, 3.8) is 0 Å². The maximum atomic E-state index is 11.5. The number of halogens is 1. The van der Waals surface area contributed by atoms with Crippen LogP contribution in [0.4, 0.5) is 5.82 Å². The van der Waals surface area contributed by atoms with Crippen LogP contribution in [0.1, 0.15) is 12.8 Å². The summed E-state index contributed by atoms with van der Waals surface area (Å²) in [6.45, 7) is 0.719. The lowest BCUT2D eigenvalue weighted by molar-refractivity contribution is -0.123. The van der Waals surface area contributed by atoms with E-state index in [2.05, 4.69) is 20.6 Å². The maximum absolute atomic E-state index is 11.5. The Morgan fingerprint density at radius 2 is 2.31 bits per heavy atom. The lowest BCUT2D eigenvalue weighted by Crippen LogP contribution is -2.44. The van der Waals surface area contributed by atoms with Gasteiger partial charge in [0.25, 0.3) is 5.56 Å². The van der Waals surface area contributed by atoms with Crippen LogP contribution in [0.5, 0.6) is 0 Å². The quantitative estimate of drug-likeness (QED) is 0.668. The number of piperidine rings is 1. The van der Waals surface area contributed by atoms with Crippen molar-refractivity contribution in [1.82, 2.24) is 15.3 Å². The van der Waals surface area contributed by atoms with Crippen LogP contribution in [0.2, 0.25) is 0 Å². The number of aromatic nitrogens is 2. The van der Waals surface area contributed by atoms with E-state index in [-0.39, 0.29) is 17.5 Å². The summed E-state index contributed by atoms with van der Waals surface area (Å²) in [5, 5.41) is 5.76. The smallest absolute Gasteiger partial charge is 0.266 e. The van der Waals surface area contributed by atoms with Crippen molar-refractivity contribution in [1.29, 1.82) is 0 Å². The first kappa shape index (κ1) is 11.4. The number of carbonyl (C=O) groups excluding carboxylic acids is 1. The topological polar surface area (TPSA) is 86.9 Å². The van der Waals surface area contributed by atoms with E-state index in [1.165, 1.54) is 6.33 Å². The van der Waals surface area contributed by atoms with Crippen molar-refractivity contribution >= 4 is 34.3 Å². The molecule has 0 aromatic carbocycles. The van der Waals surface area contributed by atoms with Gasteiger partial charge in [0, 0.05) is 6.54 Å². The van der Waals surface area contributed by atoms with Gasteiger partial charge in [-0.15, -0.1) is 0 Å². The molecule has 2 heterocycles. The molecule has 0 radical (unpaired) electrons. The van der Waals surface area contributed by atoms with Crippen LogP contribution >= 0.6 is 22.6 Å². The van der Waals surface area contributed by atoms with E-state index in [9.17, 15) is 9.59 Å². The number of anilines is 1. The van der Waals surface area contributed by atoms with E-state index >= 15 is 0 Å². The number of nitrogens with one attached hydrogen (secondary N) is 3. The highest BCUT2D eigenvalue weighted by atomic mass is 127. The third kappa shape index (κ3) is 2.34. The van der Waals surface area contributed by atoms with Gasteiger partial charge in [-0.2, -0.15) is 0 Å². The predicted molar refractivity (Wildman–Crippen MR) is 67.2 cm³/mol. The summed E-state index contributed by atoms with van der Waals surface area (Å²) in [5.74, 6) is 0.426. The third-order valence-electron chi connectivity index (χ3n) is 2.39. The number of H-pyrrole nitrogens is 1. The van der Waals surface area contributed by atoms with E-state index in [1.54, 1.807) is 0 Å². The molecule has 1 saturated heterocycles. The van der Waals surface area contributed by atoms with Gasteiger partial charge in [0.05, 0.1) is 6.33 Å². The zero-order chi connectivity index (χ0) is 11.5. The van der Waals surface area contributed by atoms with Crippen LogP contribution in [-0.2, 0) is 4.79 Å². The van der Waals surface area contributed by atoms with Gasteiger partial charge >= 0.3 is 0 Å². The molecule has 1 amide bonds. The first-order chi connectivity index (χ1) is 7.68. The monoisotopic (exact) mass is 334 g/mol. The lowest BCUT2D eigenvalue weighted by Gasteiger charge is -2.23. The Bertz CT molecular complexity index is 459. The highest BCUT2D eigenvalue weighted by molar-refractivity contribution is 14.1. The molecule has 1 atom stereocenters. The second-order valence-corrected chi connectivity index (χ2v) is 4.60. The Morgan fingerprint density at radius 3 is 3.06 bits per heavy atom. The first-order valence-electron chi connectivity index (χ1n) is 4.96. The number of nitrogens with zero attached hydrogens (tertiary/aromatic N) is 1. The molecule has 86 valence electrons. The molecule has 1 aliphatic rings. The second-order valence-electron chi connectivity index (χ2n) is 3.52. The third-order valence-corrected chi connectivity index (χ3v) is 3.39. The zero-order valence-electron chi connectivity index (χ0n) is 8.42. The van der Waals surface area contributed by atoms with Crippen molar-refractivity contribution in [3.05, 3.63) is 20.3 Å². The number of aromatic amines is 1. The van der Waals surface area contributed by atoms with Crippen molar-refractivity contribution in [2.75, 3.05) is 11.9 Å². The molecule has 0 saturated carbocycles. The Hall–Kier alpha value is -1.12. The van der Waals surface area contributed by atoms with Crippen LogP contribution in [0.15, 0.2) is 11.1 Å². The van der Waals surface area contributed by atoms with E-state index in [0.29, 0.717) is 9.39 Å². The minimum atomic E-state index is -0.295. The minimum absolute atomic E-state index is 0.0378. The summed E-state index contributed by atoms with van der Waals surface area (Å²) in [4.78, 5) is 29.3. The standard InChI is InChI=1S/C9H11IN4O2/c10-6-7(12-4-13-9(6)16)14-5-2-1-3-11-8(5)15/h4-5H,1-3H2,(H,11,15)(H2,12,13,14,16). The molecule has 0 aliphatic carbocycles. The average molecular weight is 334 g/mol. The molecule has 0 bridgehead atoms.